The van der Waals surface area contributed by atoms with Crippen molar-refractivity contribution in [2.45, 2.75) is 71.6 Å². The summed E-state index contributed by atoms with van der Waals surface area (Å²) in [5.41, 5.74) is 15.8. The third-order valence-electron chi connectivity index (χ3n) is 15.8. The zero-order valence-electron chi connectivity index (χ0n) is 36.6. The highest BCUT2D eigenvalue weighted by molar-refractivity contribution is 6.13. The summed E-state index contributed by atoms with van der Waals surface area (Å²) in [4.78, 5) is 15.6. The SMILES string of the molecule is CC1(C)c2ccccc2-c2cc3c4cc5c(cc4n(-c4cccc(-c6nc(-c7ccccc7)nc(-c7cccc8c7oc7ccccc78)n6)c4)c3cc21)C(C)(C)C(C)(C)C5(C)C. The van der Waals surface area contributed by atoms with Gasteiger partial charge in [-0.05, 0) is 98.2 Å². The van der Waals surface area contributed by atoms with E-state index in [0.717, 1.165) is 44.3 Å². The molecule has 0 saturated carbocycles. The second-order valence-electron chi connectivity index (χ2n) is 19.7. The van der Waals surface area contributed by atoms with Crippen molar-refractivity contribution in [3.8, 4) is 51.0 Å². The van der Waals surface area contributed by atoms with Crippen molar-refractivity contribution in [3.63, 3.8) is 0 Å². The normalized spacial score (nSPS) is 16.6. The van der Waals surface area contributed by atoms with Crippen LogP contribution in [0.3, 0.4) is 0 Å². The maximum atomic E-state index is 6.51. The molecule has 3 heterocycles. The minimum atomic E-state index is -0.142. The van der Waals surface area contributed by atoms with E-state index in [0.29, 0.717) is 17.5 Å². The van der Waals surface area contributed by atoms with Crippen LogP contribution in [-0.4, -0.2) is 19.5 Å². The monoisotopic (exact) mass is 804 g/mol. The van der Waals surface area contributed by atoms with Crippen molar-refractivity contribution in [1.29, 1.82) is 0 Å². The van der Waals surface area contributed by atoms with E-state index in [1.807, 2.05) is 42.5 Å². The van der Waals surface area contributed by atoms with Crippen LogP contribution in [-0.2, 0) is 16.2 Å². The Morgan fingerprint density at radius 3 is 1.79 bits per heavy atom. The molecule has 3 aromatic heterocycles. The van der Waals surface area contributed by atoms with Crippen LogP contribution in [0.4, 0.5) is 0 Å². The first kappa shape index (κ1) is 37.0. The molecule has 0 radical (unpaired) electrons. The molecule has 0 N–H and O–H groups in total. The molecular formula is C57H48N4O. The van der Waals surface area contributed by atoms with E-state index < -0.39 is 0 Å². The Morgan fingerprint density at radius 1 is 0.419 bits per heavy atom. The van der Waals surface area contributed by atoms with Crippen molar-refractivity contribution in [1.82, 2.24) is 19.5 Å². The van der Waals surface area contributed by atoms with Crippen molar-refractivity contribution in [3.05, 3.63) is 168 Å². The van der Waals surface area contributed by atoms with E-state index in [1.165, 1.54) is 55.2 Å². The third-order valence-corrected chi connectivity index (χ3v) is 15.8. The molecule has 5 nitrogen and oxygen atoms in total. The lowest BCUT2D eigenvalue weighted by Crippen LogP contribution is -2.42. The average Bonchev–Trinajstić information content (AvgIpc) is 3.92. The molecule has 5 heteroatoms. The molecule has 0 spiro atoms. The summed E-state index contributed by atoms with van der Waals surface area (Å²) >= 11 is 0. The van der Waals surface area contributed by atoms with Gasteiger partial charge in [-0.15, -0.1) is 0 Å². The molecule has 0 unspecified atom stereocenters. The van der Waals surface area contributed by atoms with Gasteiger partial charge < -0.3 is 8.98 Å². The van der Waals surface area contributed by atoms with E-state index >= 15 is 0 Å². The molecule has 0 fully saturated rings. The number of nitrogens with zero attached hydrogens (tertiary/aromatic N) is 4. The minimum Gasteiger partial charge on any atom is -0.455 e. The van der Waals surface area contributed by atoms with E-state index in [2.05, 4.69) is 163 Å². The van der Waals surface area contributed by atoms with Crippen LogP contribution in [0, 0.1) is 5.41 Å². The smallest absolute Gasteiger partial charge is 0.167 e. The molecule has 62 heavy (non-hydrogen) atoms. The predicted octanol–water partition coefficient (Wildman–Crippen LogP) is 14.8. The first-order valence-electron chi connectivity index (χ1n) is 21.9. The number of rotatable bonds is 4. The molecule has 0 bridgehead atoms. The Labute approximate surface area is 362 Å². The molecule has 0 atom stereocenters. The van der Waals surface area contributed by atoms with Gasteiger partial charge in [0.25, 0.3) is 0 Å². The molecule has 0 aliphatic heterocycles. The quantitative estimate of drug-likeness (QED) is 0.178. The van der Waals surface area contributed by atoms with Gasteiger partial charge in [0.1, 0.15) is 11.2 Å². The molecule has 7 aromatic carbocycles. The highest BCUT2D eigenvalue weighted by Crippen LogP contribution is 2.62. The van der Waals surface area contributed by atoms with Gasteiger partial charge >= 0.3 is 0 Å². The lowest BCUT2D eigenvalue weighted by molar-refractivity contribution is 0.125. The van der Waals surface area contributed by atoms with Gasteiger partial charge in [-0.3, -0.25) is 0 Å². The first-order valence-corrected chi connectivity index (χ1v) is 21.9. The van der Waals surface area contributed by atoms with Crippen molar-refractivity contribution in [2.24, 2.45) is 5.41 Å². The van der Waals surface area contributed by atoms with Gasteiger partial charge in [-0.2, -0.15) is 0 Å². The van der Waals surface area contributed by atoms with Gasteiger partial charge in [0.15, 0.2) is 17.5 Å². The minimum absolute atomic E-state index is 0.0285. The number of aromatic nitrogens is 4. The highest BCUT2D eigenvalue weighted by Gasteiger charge is 2.57. The van der Waals surface area contributed by atoms with E-state index in [9.17, 15) is 0 Å². The van der Waals surface area contributed by atoms with Gasteiger partial charge in [0, 0.05) is 43.8 Å². The van der Waals surface area contributed by atoms with Gasteiger partial charge in [0.05, 0.1) is 16.6 Å². The Morgan fingerprint density at radius 2 is 1.00 bits per heavy atom. The number of para-hydroxylation sites is 2. The van der Waals surface area contributed by atoms with Crippen molar-refractivity contribution < 1.29 is 4.42 Å². The summed E-state index contributed by atoms with van der Waals surface area (Å²) in [6.45, 7) is 19.4. The predicted molar refractivity (Wildman–Crippen MR) is 255 cm³/mol. The zero-order chi connectivity index (χ0) is 42.5. The van der Waals surface area contributed by atoms with Crippen LogP contribution in [0.15, 0.2) is 150 Å². The van der Waals surface area contributed by atoms with E-state index in [4.69, 9.17) is 19.4 Å². The molecule has 10 aromatic rings. The lowest BCUT2D eigenvalue weighted by Gasteiger charge is -2.44. The van der Waals surface area contributed by atoms with Crippen LogP contribution >= 0.6 is 0 Å². The fourth-order valence-electron chi connectivity index (χ4n) is 11.1. The fraction of sp³-hybridized carbons (Fsp3) is 0.211. The number of furan rings is 1. The van der Waals surface area contributed by atoms with Crippen molar-refractivity contribution in [2.75, 3.05) is 0 Å². The zero-order valence-corrected chi connectivity index (χ0v) is 36.6. The van der Waals surface area contributed by atoms with Crippen LogP contribution < -0.4 is 0 Å². The second-order valence-corrected chi connectivity index (χ2v) is 19.7. The van der Waals surface area contributed by atoms with Crippen molar-refractivity contribution >= 4 is 43.7 Å². The summed E-state index contributed by atoms with van der Waals surface area (Å²) in [5.74, 6) is 1.79. The highest BCUT2D eigenvalue weighted by atomic mass is 16.3. The summed E-state index contributed by atoms with van der Waals surface area (Å²) in [7, 11) is 0. The number of benzene rings is 7. The van der Waals surface area contributed by atoms with E-state index in [-0.39, 0.29) is 21.7 Å². The Bertz CT molecular complexity index is 3530. The summed E-state index contributed by atoms with van der Waals surface area (Å²) in [5, 5.41) is 4.66. The molecule has 302 valence electrons. The summed E-state index contributed by atoms with van der Waals surface area (Å²) in [6, 6.07) is 52.3. The average molecular weight is 805 g/mol. The first-order chi connectivity index (χ1) is 29.8. The molecule has 12 rings (SSSR count). The molecule has 0 amide bonds. The van der Waals surface area contributed by atoms with Crippen LogP contribution in [0.25, 0.3) is 94.7 Å². The number of hydrogen-bond donors (Lipinski definition) is 0. The van der Waals surface area contributed by atoms with Crippen LogP contribution in [0.1, 0.15) is 77.6 Å². The Kier molecular flexibility index (Phi) is 7.38. The topological polar surface area (TPSA) is 56.7 Å². The summed E-state index contributed by atoms with van der Waals surface area (Å²) < 4.78 is 9.01. The largest absolute Gasteiger partial charge is 0.455 e. The van der Waals surface area contributed by atoms with Crippen LogP contribution in [0.5, 0.6) is 0 Å². The fourth-order valence-corrected chi connectivity index (χ4v) is 11.1. The lowest BCUT2D eigenvalue weighted by atomic mass is 9.59. The Balaban J connectivity index is 1.11. The second kappa shape index (κ2) is 12.4. The standard InChI is InChI=1S/C57H48N4O/c1-54(2)43-26-14-12-22-36(43)40-29-41-42-30-45-46(56(5,6)57(7,8)55(45,3)4)32-48(42)61(47(41)31-44(40)54)35-21-16-20-34(28-35)52-58-51(33-18-10-9-11-19-33)59-53(60-52)39-25-17-24-38-37-23-13-15-27-49(37)62-50(38)39/h9-32H,1-8H3. The maximum absolute atomic E-state index is 6.51. The van der Waals surface area contributed by atoms with Gasteiger partial charge in [-0.1, -0.05) is 152 Å². The molecule has 2 aliphatic rings. The third kappa shape index (κ3) is 4.82. The molecular weight excluding hydrogens is 757 g/mol. The van der Waals surface area contributed by atoms with Gasteiger partial charge in [0.2, 0.25) is 0 Å². The maximum Gasteiger partial charge on any atom is 0.167 e. The molecule has 2 aliphatic carbocycles. The summed E-state index contributed by atoms with van der Waals surface area (Å²) in [6.07, 6.45) is 0. The number of hydrogen-bond acceptors (Lipinski definition) is 4. The van der Waals surface area contributed by atoms with Gasteiger partial charge in [-0.25, -0.2) is 15.0 Å². The number of fused-ring (bicyclic) bond motifs is 10. The molecule has 0 saturated heterocycles. The van der Waals surface area contributed by atoms with E-state index in [1.54, 1.807) is 0 Å². The van der Waals surface area contributed by atoms with Crippen LogP contribution in [0.2, 0.25) is 0 Å². The Hall–Kier alpha value is -6.85.